The van der Waals surface area contributed by atoms with E-state index in [1.807, 2.05) is 43.0 Å². The van der Waals surface area contributed by atoms with E-state index >= 15 is 0 Å². The summed E-state index contributed by atoms with van der Waals surface area (Å²) in [5.74, 6) is 2.07. The van der Waals surface area contributed by atoms with Crippen LogP contribution in [-0.2, 0) is 4.79 Å². The van der Waals surface area contributed by atoms with E-state index in [1.54, 1.807) is 12.4 Å². The first kappa shape index (κ1) is 18.0. The summed E-state index contributed by atoms with van der Waals surface area (Å²) >= 11 is 0. The van der Waals surface area contributed by atoms with Crippen molar-refractivity contribution in [3.05, 3.63) is 47.9 Å². The van der Waals surface area contributed by atoms with E-state index in [0.717, 1.165) is 42.0 Å². The van der Waals surface area contributed by atoms with Gasteiger partial charge in [-0.3, -0.25) is 14.9 Å². The number of H-pyrrole nitrogens is 1. The summed E-state index contributed by atoms with van der Waals surface area (Å²) in [4.78, 5) is 23.0. The van der Waals surface area contributed by atoms with Crippen LogP contribution >= 0.6 is 0 Å². The first-order valence-electron chi connectivity index (χ1n) is 9.37. The molecule has 3 aromatic rings. The van der Waals surface area contributed by atoms with Crippen molar-refractivity contribution in [3.63, 3.8) is 0 Å². The van der Waals surface area contributed by atoms with Crippen molar-refractivity contribution in [2.24, 2.45) is 0 Å². The van der Waals surface area contributed by atoms with Gasteiger partial charge < -0.3 is 15.5 Å². The minimum atomic E-state index is 0.187. The van der Waals surface area contributed by atoms with Crippen LogP contribution in [0, 0.1) is 13.8 Å². The van der Waals surface area contributed by atoms with Gasteiger partial charge in [0.25, 0.3) is 0 Å². The maximum atomic E-state index is 12.3. The molecule has 8 heteroatoms. The highest BCUT2D eigenvalue weighted by molar-refractivity contribution is 5.95. The topological polar surface area (TPSA) is 98.8 Å². The average Bonchev–Trinajstić information content (AvgIpc) is 3.09. The maximum Gasteiger partial charge on any atom is 0.226 e. The van der Waals surface area contributed by atoms with E-state index in [2.05, 4.69) is 30.8 Å². The Kier molecular flexibility index (Phi) is 4.92. The first-order valence-corrected chi connectivity index (χ1v) is 9.37. The summed E-state index contributed by atoms with van der Waals surface area (Å²) in [6.45, 7) is 4.73. The number of carbonyl (C=O) groups excluding carboxylic acids is 1. The van der Waals surface area contributed by atoms with Crippen LogP contribution in [0.1, 0.15) is 30.5 Å². The predicted molar refractivity (Wildman–Crippen MR) is 109 cm³/mol. The average molecular weight is 377 g/mol. The molecule has 0 radical (unpaired) electrons. The van der Waals surface area contributed by atoms with Crippen LogP contribution in [0.15, 0.2) is 36.7 Å². The molecule has 0 spiro atoms. The monoisotopic (exact) mass is 377 g/mol. The Morgan fingerprint density at radius 1 is 1.04 bits per heavy atom. The Balaban J connectivity index is 1.53. The molecule has 1 saturated heterocycles. The number of nitrogens with zero attached hydrogens (tertiary/aromatic N) is 4. The minimum absolute atomic E-state index is 0.187. The van der Waals surface area contributed by atoms with Crippen LogP contribution in [0.5, 0.6) is 0 Å². The van der Waals surface area contributed by atoms with Gasteiger partial charge in [0.05, 0.1) is 12.4 Å². The van der Waals surface area contributed by atoms with Crippen LogP contribution in [0.4, 0.5) is 28.8 Å². The quantitative estimate of drug-likeness (QED) is 0.625. The molecule has 3 N–H and O–H groups in total. The summed E-state index contributed by atoms with van der Waals surface area (Å²) in [6, 6.07) is 7.88. The van der Waals surface area contributed by atoms with E-state index in [-0.39, 0.29) is 5.91 Å². The van der Waals surface area contributed by atoms with Crippen molar-refractivity contribution < 1.29 is 4.79 Å². The molecule has 0 bridgehead atoms. The number of amides is 1. The van der Waals surface area contributed by atoms with Gasteiger partial charge in [-0.2, -0.15) is 5.10 Å². The fourth-order valence-corrected chi connectivity index (χ4v) is 3.29. The third-order valence-electron chi connectivity index (χ3n) is 4.69. The van der Waals surface area contributed by atoms with E-state index in [1.165, 1.54) is 0 Å². The molecule has 8 nitrogen and oxygen atoms in total. The molecule has 0 aliphatic carbocycles. The summed E-state index contributed by atoms with van der Waals surface area (Å²) < 4.78 is 0. The fourth-order valence-electron chi connectivity index (χ4n) is 3.29. The number of nitrogens with one attached hydrogen (secondary N) is 3. The largest absolute Gasteiger partial charge is 0.339 e. The zero-order valence-electron chi connectivity index (χ0n) is 16.0. The standard InChI is InChI=1S/C20H23N7O/c1-13-6-7-15(10-16(13)27-8-4-3-5-20(27)28)22-18-11-21-12-19(24-18)23-17-9-14(2)25-26-17/h6-7,9-12H,3-5,8H2,1-2H3,(H3,22,23,24,25,26). The van der Waals surface area contributed by atoms with Gasteiger partial charge in [-0.15, -0.1) is 0 Å². The molecule has 0 saturated carbocycles. The summed E-state index contributed by atoms with van der Waals surface area (Å²) in [7, 11) is 0. The predicted octanol–water partition coefficient (Wildman–Crippen LogP) is 3.82. The molecule has 4 rings (SSSR count). The molecule has 0 unspecified atom stereocenters. The van der Waals surface area contributed by atoms with Gasteiger partial charge in [0.15, 0.2) is 17.5 Å². The highest BCUT2D eigenvalue weighted by Crippen LogP contribution is 2.29. The zero-order chi connectivity index (χ0) is 19.5. The third-order valence-corrected chi connectivity index (χ3v) is 4.69. The van der Waals surface area contributed by atoms with Gasteiger partial charge in [-0.25, -0.2) is 4.98 Å². The van der Waals surface area contributed by atoms with E-state index in [4.69, 9.17) is 0 Å². The molecule has 1 aliphatic rings. The lowest BCUT2D eigenvalue weighted by molar-refractivity contribution is -0.119. The molecular formula is C20H23N7O. The molecule has 1 fully saturated rings. The smallest absolute Gasteiger partial charge is 0.226 e. The Bertz CT molecular complexity index is 998. The van der Waals surface area contributed by atoms with Gasteiger partial charge in [-0.1, -0.05) is 6.07 Å². The second kappa shape index (κ2) is 7.67. The van der Waals surface area contributed by atoms with Gasteiger partial charge in [0, 0.05) is 36.1 Å². The van der Waals surface area contributed by atoms with E-state index in [0.29, 0.717) is 23.9 Å². The maximum absolute atomic E-state index is 12.3. The third kappa shape index (κ3) is 3.95. The molecular weight excluding hydrogens is 354 g/mol. The van der Waals surface area contributed by atoms with Crippen molar-refractivity contribution in [2.75, 3.05) is 22.1 Å². The zero-order valence-corrected chi connectivity index (χ0v) is 16.0. The van der Waals surface area contributed by atoms with Crippen LogP contribution in [0.3, 0.4) is 0 Å². The Labute approximate surface area is 163 Å². The Hall–Kier alpha value is -3.42. The van der Waals surface area contributed by atoms with Crippen LogP contribution in [0.25, 0.3) is 0 Å². The number of anilines is 5. The molecule has 28 heavy (non-hydrogen) atoms. The molecule has 3 heterocycles. The molecule has 144 valence electrons. The lowest BCUT2D eigenvalue weighted by atomic mass is 10.1. The number of hydrogen-bond acceptors (Lipinski definition) is 6. The normalized spacial score (nSPS) is 14.2. The molecule has 2 aromatic heterocycles. The molecule has 1 aromatic carbocycles. The lowest BCUT2D eigenvalue weighted by Gasteiger charge is -2.28. The highest BCUT2D eigenvalue weighted by atomic mass is 16.2. The molecule has 0 atom stereocenters. The van der Waals surface area contributed by atoms with Gasteiger partial charge in [-0.05, 0) is 44.4 Å². The Morgan fingerprint density at radius 3 is 2.61 bits per heavy atom. The fraction of sp³-hybridized carbons (Fsp3) is 0.300. The summed E-state index contributed by atoms with van der Waals surface area (Å²) in [5, 5.41) is 13.4. The number of rotatable bonds is 5. The first-order chi connectivity index (χ1) is 13.6. The van der Waals surface area contributed by atoms with Gasteiger partial charge in [0.2, 0.25) is 5.91 Å². The van der Waals surface area contributed by atoms with Crippen molar-refractivity contribution in [3.8, 4) is 0 Å². The SMILES string of the molecule is Cc1cc(Nc2cncc(Nc3ccc(C)c(N4CCCCC4=O)c3)n2)n[nH]1. The van der Waals surface area contributed by atoms with Crippen LogP contribution in [0.2, 0.25) is 0 Å². The number of aromatic amines is 1. The molecule has 1 amide bonds. The molecule has 1 aliphatic heterocycles. The number of piperidine rings is 1. The number of hydrogen-bond donors (Lipinski definition) is 3. The number of carbonyl (C=O) groups is 1. The minimum Gasteiger partial charge on any atom is -0.339 e. The summed E-state index contributed by atoms with van der Waals surface area (Å²) in [6.07, 6.45) is 5.92. The number of aryl methyl sites for hydroxylation is 2. The van der Waals surface area contributed by atoms with Crippen LogP contribution in [-0.4, -0.2) is 32.6 Å². The van der Waals surface area contributed by atoms with Crippen molar-refractivity contribution >= 4 is 34.7 Å². The Morgan fingerprint density at radius 2 is 1.86 bits per heavy atom. The summed E-state index contributed by atoms with van der Waals surface area (Å²) in [5.41, 5.74) is 3.85. The van der Waals surface area contributed by atoms with E-state index < -0.39 is 0 Å². The number of aromatic nitrogens is 4. The van der Waals surface area contributed by atoms with Crippen molar-refractivity contribution in [1.82, 2.24) is 20.2 Å². The van der Waals surface area contributed by atoms with Gasteiger partial charge >= 0.3 is 0 Å². The van der Waals surface area contributed by atoms with Gasteiger partial charge in [0.1, 0.15) is 0 Å². The highest BCUT2D eigenvalue weighted by Gasteiger charge is 2.21. The van der Waals surface area contributed by atoms with Crippen molar-refractivity contribution in [2.45, 2.75) is 33.1 Å². The second-order valence-corrected chi connectivity index (χ2v) is 6.98. The van der Waals surface area contributed by atoms with Crippen LogP contribution < -0.4 is 15.5 Å². The number of benzene rings is 1. The van der Waals surface area contributed by atoms with Crippen molar-refractivity contribution in [1.29, 1.82) is 0 Å². The second-order valence-electron chi connectivity index (χ2n) is 6.98. The lowest BCUT2D eigenvalue weighted by Crippen LogP contribution is -2.35. The van der Waals surface area contributed by atoms with E-state index in [9.17, 15) is 4.79 Å².